The molecular formula is C13H13BOP. The maximum atomic E-state index is 5.32. The standard InChI is InChI=1S/C13H13OP.B/c1-14-12-9-5-6-10-13(12)15-11-7-3-2-4-8-11;/h2-10,15H,1H3;. The quantitative estimate of drug-likeness (QED) is 0.575. The van der Waals surface area contributed by atoms with Crippen molar-refractivity contribution in [2.24, 2.45) is 0 Å². The monoisotopic (exact) mass is 227 g/mol. The Morgan fingerprint density at radius 3 is 2.19 bits per heavy atom. The molecule has 0 aromatic heterocycles. The zero-order chi connectivity index (χ0) is 10.5. The molecule has 3 radical (unpaired) electrons. The highest BCUT2D eigenvalue weighted by molar-refractivity contribution is 7.55. The smallest absolute Gasteiger partial charge is 0.126 e. The van der Waals surface area contributed by atoms with Crippen molar-refractivity contribution in [3.05, 3.63) is 54.6 Å². The van der Waals surface area contributed by atoms with Gasteiger partial charge in [-0.15, -0.1) is 0 Å². The molecule has 0 heterocycles. The molecule has 1 atom stereocenters. The number of para-hydroxylation sites is 1. The van der Waals surface area contributed by atoms with E-state index in [1.165, 1.54) is 10.6 Å². The third kappa shape index (κ3) is 3.11. The van der Waals surface area contributed by atoms with E-state index in [-0.39, 0.29) is 8.41 Å². The number of hydrogen-bond donors (Lipinski definition) is 0. The Labute approximate surface area is 100 Å². The van der Waals surface area contributed by atoms with Crippen molar-refractivity contribution in [3.8, 4) is 5.75 Å². The van der Waals surface area contributed by atoms with E-state index < -0.39 is 0 Å². The molecule has 0 saturated heterocycles. The SMILES string of the molecule is COc1ccccc1Pc1ccccc1.[B]. The lowest BCUT2D eigenvalue weighted by atomic mass is 10.3. The summed E-state index contributed by atoms with van der Waals surface area (Å²) in [6.07, 6.45) is 0. The highest BCUT2D eigenvalue weighted by atomic mass is 31.1. The van der Waals surface area contributed by atoms with Gasteiger partial charge in [-0.05, 0) is 11.4 Å². The molecule has 1 unspecified atom stereocenters. The maximum absolute atomic E-state index is 5.32. The van der Waals surface area contributed by atoms with Gasteiger partial charge in [0.25, 0.3) is 0 Å². The van der Waals surface area contributed by atoms with Crippen molar-refractivity contribution < 1.29 is 4.74 Å². The van der Waals surface area contributed by atoms with Crippen LogP contribution in [-0.4, -0.2) is 15.5 Å². The fourth-order valence-electron chi connectivity index (χ4n) is 1.42. The van der Waals surface area contributed by atoms with Crippen molar-refractivity contribution in [1.82, 2.24) is 0 Å². The molecule has 0 aliphatic heterocycles. The van der Waals surface area contributed by atoms with Gasteiger partial charge in [-0.25, -0.2) is 0 Å². The third-order valence-corrected chi connectivity index (χ3v) is 3.46. The Kier molecular flexibility index (Phi) is 5.08. The van der Waals surface area contributed by atoms with Crippen LogP contribution in [0.2, 0.25) is 0 Å². The molecule has 3 heteroatoms. The van der Waals surface area contributed by atoms with Crippen LogP contribution in [0.1, 0.15) is 0 Å². The molecule has 16 heavy (non-hydrogen) atoms. The van der Waals surface area contributed by atoms with Gasteiger partial charge in [0.05, 0.1) is 7.11 Å². The molecule has 2 aromatic rings. The van der Waals surface area contributed by atoms with Crippen LogP contribution >= 0.6 is 8.58 Å². The van der Waals surface area contributed by atoms with Gasteiger partial charge in [0.2, 0.25) is 0 Å². The van der Waals surface area contributed by atoms with Gasteiger partial charge in [-0.2, -0.15) is 0 Å². The summed E-state index contributed by atoms with van der Waals surface area (Å²) < 4.78 is 5.32. The summed E-state index contributed by atoms with van der Waals surface area (Å²) in [6.45, 7) is 0. The van der Waals surface area contributed by atoms with Crippen LogP contribution in [0.25, 0.3) is 0 Å². The van der Waals surface area contributed by atoms with Crippen LogP contribution in [0.3, 0.4) is 0 Å². The van der Waals surface area contributed by atoms with Gasteiger partial charge >= 0.3 is 0 Å². The first-order chi connectivity index (χ1) is 7.40. The van der Waals surface area contributed by atoms with Gasteiger partial charge in [0, 0.05) is 13.7 Å². The predicted octanol–water partition coefficient (Wildman–Crippen LogP) is 1.94. The van der Waals surface area contributed by atoms with Crippen LogP contribution in [0.15, 0.2) is 54.6 Å². The summed E-state index contributed by atoms with van der Waals surface area (Å²) >= 11 is 0. The molecule has 0 bridgehead atoms. The Hall–Kier alpha value is -1.27. The number of methoxy groups -OCH3 is 1. The van der Waals surface area contributed by atoms with Crippen molar-refractivity contribution in [3.63, 3.8) is 0 Å². The summed E-state index contributed by atoms with van der Waals surface area (Å²) in [5.41, 5.74) is 0. The fourth-order valence-corrected chi connectivity index (χ4v) is 2.58. The predicted molar refractivity (Wildman–Crippen MR) is 72.8 cm³/mol. The zero-order valence-corrected chi connectivity index (χ0v) is 10.2. The molecule has 0 fully saturated rings. The van der Waals surface area contributed by atoms with Crippen LogP contribution < -0.4 is 15.3 Å². The Morgan fingerprint density at radius 2 is 1.50 bits per heavy atom. The Balaban J connectivity index is 0.00000128. The van der Waals surface area contributed by atoms with Crippen molar-refractivity contribution >= 4 is 27.6 Å². The zero-order valence-electron chi connectivity index (χ0n) is 9.18. The summed E-state index contributed by atoms with van der Waals surface area (Å²) in [5.74, 6) is 0.972. The number of rotatable bonds is 3. The minimum Gasteiger partial charge on any atom is -0.496 e. The molecule has 0 aliphatic rings. The molecule has 79 valence electrons. The Morgan fingerprint density at radius 1 is 0.875 bits per heavy atom. The molecule has 0 aliphatic carbocycles. The first-order valence-electron chi connectivity index (χ1n) is 4.85. The highest BCUT2D eigenvalue weighted by Gasteiger charge is 2.01. The van der Waals surface area contributed by atoms with E-state index in [2.05, 4.69) is 30.3 Å². The second-order valence-corrected chi connectivity index (χ2v) is 4.56. The first-order valence-corrected chi connectivity index (χ1v) is 5.85. The Bertz CT molecular complexity index is 431. The molecule has 0 spiro atoms. The molecule has 1 nitrogen and oxygen atoms in total. The summed E-state index contributed by atoms with van der Waals surface area (Å²) in [4.78, 5) is 0. The van der Waals surface area contributed by atoms with Crippen molar-refractivity contribution in [2.75, 3.05) is 7.11 Å². The van der Waals surface area contributed by atoms with E-state index in [1.807, 2.05) is 24.3 Å². The highest BCUT2D eigenvalue weighted by Crippen LogP contribution is 2.18. The van der Waals surface area contributed by atoms with Crippen LogP contribution in [0.5, 0.6) is 5.75 Å². The van der Waals surface area contributed by atoms with Crippen LogP contribution in [0, 0.1) is 0 Å². The van der Waals surface area contributed by atoms with Crippen LogP contribution in [0.4, 0.5) is 0 Å². The average Bonchev–Trinajstić information content (AvgIpc) is 2.31. The van der Waals surface area contributed by atoms with Crippen molar-refractivity contribution in [2.45, 2.75) is 0 Å². The van der Waals surface area contributed by atoms with Gasteiger partial charge in [0.1, 0.15) is 5.75 Å². The number of ether oxygens (including phenoxy) is 1. The molecule has 0 amide bonds. The van der Waals surface area contributed by atoms with E-state index in [9.17, 15) is 0 Å². The molecule has 0 N–H and O–H groups in total. The lowest BCUT2D eigenvalue weighted by molar-refractivity contribution is 0.418. The lowest BCUT2D eigenvalue weighted by Gasteiger charge is -2.07. The molecule has 0 saturated carbocycles. The van der Waals surface area contributed by atoms with Crippen LogP contribution in [-0.2, 0) is 0 Å². The summed E-state index contributed by atoms with van der Waals surface area (Å²) in [7, 11) is 2.37. The minimum atomic E-state index is 0. The summed E-state index contributed by atoms with van der Waals surface area (Å²) in [6, 6.07) is 18.6. The van der Waals surface area contributed by atoms with Gasteiger partial charge in [-0.3, -0.25) is 0 Å². The van der Waals surface area contributed by atoms with E-state index in [4.69, 9.17) is 4.74 Å². The number of benzene rings is 2. The summed E-state index contributed by atoms with van der Waals surface area (Å²) in [5, 5.41) is 2.59. The second kappa shape index (κ2) is 6.35. The fraction of sp³-hybridized carbons (Fsp3) is 0.0769. The topological polar surface area (TPSA) is 9.23 Å². The molecule has 2 aromatic carbocycles. The average molecular weight is 227 g/mol. The van der Waals surface area contributed by atoms with Gasteiger partial charge in [-0.1, -0.05) is 57.1 Å². The van der Waals surface area contributed by atoms with Gasteiger partial charge in [0.15, 0.2) is 0 Å². The van der Waals surface area contributed by atoms with E-state index in [0.29, 0.717) is 8.58 Å². The maximum Gasteiger partial charge on any atom is 0.126 e. The molecular weight excluding hydrogens is 214 g/mol. The van der Waals surface area contributed by atoms with E-state index >= 15 is 0 Å². The third-order valence-electron chi connectivity index (χ3n) is 2.16. The van der Waals surface area contributed by atoms with Gasteiger partial charge < -0.3 is 4.74 Å². The molecule has 2 rings (SSSR count). The van der Waals surface area contributed by atoms with E-state index in [1.54, 1.807) is 7.11 Å². The lowest BCUT2D eigenvalue weighted by Crippen LogP contribution is -2.05. The van der Waals surface area contributed by atoms with Crippen molar-refractivity contribution in [1.29, 1.82) is 0 Å². The second-order valence-electron chi connectivity index (χ2n) is 3.19. The number of hydrogen-bond acceptors (Lipinski definition) is 1. The minimum absolute atomic E-state index is 0. The van der Waals surface area contributed by atoms with E-state index in [0.717, 1.165) is 5.75 Å². The largest absolute Gasteiger partial charge is 0.496 e. The first kappa shape index (κ1) is 12.8. The normalized spacial score (nSPS) is 10.1.